The van der Waals surface area contributed by atoms with Crippen LogP contribution in [0.25, 0.3) is 0 Å². The molecule has 3 nitrogen and oxygen atoms in total. The largest absolute Gasteiger partial charge is 0.394 e. The summed E-state index contributed by atoms with van der Waals surface area (Å²) in [5.74, 6) is 3.09. The summed E-state index contributed by atoms with van der Waals surface area (Å²) < 4.78 is 0. The van der Waals surface area contributed by atoms with Gasteiger partial charge in [-0.15, -0.1) is 0 Å². The molecule has 1 atom stereocenters. The highest BCUT2D eigenvalue weighted by Crippen LogP contribution is 2.61. The molecule has 112 valence electrons. The van der Waals surface area contributed by atoms with E-state index in [0.29, 0.717) is 11.3 Å². The zero-order chi connectivity index (χ0) is 13.7. The highest BCUT2D eigenvalue weighted by molar-refractivity contribution is 5.77. The Bertz CT molecular complexity index is 371. The molecule has 1 N–H and O–H groups in total. The molecule has 4 aliphatic carbocycles. The van der Waals surface area contributed by atoms with Gasteiger partial charge in [0.2, 0.25) is 5.91 Å². The number of likely N-dealkylation sites (tertiary alicyclic amines) is 1. The summed E-state index contributed by atoms with van der Waals surface area (Å²) in [4.78, 5) is 14.7. The minimum atomic E-state index is 0.108. The molecule has 1 saturated heterocycles. The maximum Gasteiger partial charge on any atom is 0.223 e. The van der Waals surface area contributed by atoms with Crippen LogP contribution in [0.4, 0.5) is 0 Å². The molecular weight excluding hydrogens is 250 g/mol. The number of rotatable bonds is 3. The first-order chi connectivity index (χ1) is 9.67. The summed E-state index contributed by atoms with van der Waals surface area (Å²) in [7, 11) is 0. The molecule has 5 aliphatic rings. The van der Waals surface area contributed by atoms with Gasteiger partial charge in [0.15, 0.2) is 0 Å². The number of hydrogen-bond acceptors (Lipinski definition) is 2. The third-order valence-corrected chi connectivity index (χ3v) is 6.60. The standard InChI is InChI=1S/C17H27NO2/c19-11-15-2-1-3-18(15)16(20)10-17-7-12-4-13(8-17)6-14(5-12)9-17/h12-15,19H,1-11H2. The minimum absolute atomic E-state index is 0.108. The molecule has 3 heteroatoms. The molecule has 0 aromatic heterocycles. The van der Waals surface area contributed by atoms with Gasteiger partial charge in [-0.3, -0.25) is 4.79 Å². The lowest BCUT2D eigenvalue weighted by molar-refractivity contribution is -0.141. The van der Waals surface area contributed by atoms with Gasteiger partial charge < -0.3 is 10.0 Å². The van der Waals surface area contributed by atoms with Crippen LogP contribution in [0.1, 0.15) is 57.8 Å². The molecule has 5 fully saturated rings. The fourth-order valence-corrected chi connectivity index (χ4v) is 6.28. The number of carbonyl (C=O) groups is 1. The van der Waals surface area contributed by atoms with Crippen molar-refractivity contribution in [2.45, 2.75) is 63.8 Å². The lowest BCUT2D eigenvalue weighted by Crippen LogP contribution is -2.49. The van der Waals surface area contributed by atoms with Gasteiger partial charge in [-0.05, 0) is 74.5 Å². The van der Waals surface area contributed by atoms with Gasteiger partial charge >= 0.3 is 0 Å². The Balaban J connectivity index is 1.47. The van der Waals surface area contributed by atoms with Gasteiger partial charge in [0, 0.05) is 13.0 Å². The van der Waals surface area contributed by atoms with E-state index in [1.165, 1.54) is 38.5 Å². The molecule has 0 aromatic carbocycles. The molecule has 1 amide bonds. The van der Waals surface area contributed by atoms with Crippen molar-refractivity contribution in [2.24, 2.45) is 23.2 Å². The van der Waals surface area contributed by atoms with Crippen molar-refractivity contribution in [3.63, 3.8) is 0 Å². The fraction of sp³-hybridized carbons (Fsp3) is 0.941. The van der Waals surface area contributed by atoms with E-state index in [4.69, 9.17) is 0 Å². The summed E-state index contributed by atoms with van der Waals surface area (Å²) in [5.41, 5.74) is 0.342. The Morgan fingerprint density at radius 3 is 2.25 bits per heavy atom. The zero-order valence-electron chi connectivity index (χ0n) is 12.4. The molecular formula is C17H27NO2. The van der Waals surface area contributed by atoms with Crippen LogP contribution in [-0.4, -0.2) is 35.1 Å². The topological polar surface area (TPSA) is 40.5 Å². The Morgan fingerprint density at radius 2 is 1.70 bits per heavy atom. The van der Waals surface area contributed by atoms with Crippen LogP contribution in [0.2, 0.25) is 0 Å². The second kappa shape index (κ2) is 4.72. The van der Waals surface area contributed by atoms with Gasteiger partial charge in [0.25, 0.3) is 0 Å². The predicted molar refractivity (Wildman–Crippen MR) is 77.0 cm³/mol. The highest BCUT2D eigenvalue weighted by atomic mass is 16.3. The van der Waals surface area contributed by atoms with Crippen molar-refractivity contribution in [3.8, 4) is 0 Å². The summed E-state index contributed by atoms with van der Waals surface area (Å²) in [5, 5.41) is 9.42. The average Bonchev–Trinajstić information content (AvgIpc) is 2.84. The van der Waals surface area contributed by atoms with Crippen LogP contribution >= 0.6 is 0 Å². The Labute approximate surface area is 121 Å². The average molecular weight is 277 g/mol. The molecule has 5 rings (SSSR count). The third kappa shape index (κ3) is 2.09. The molecule has 0 aromatic rings. The molecule has 4 bridgehead atoms. The Hall–Kier alpha value is -0.570. The van der Waals surface area contributed by atoms with E-state index in [9.17, 15) is 9.90 Å². The monoisotopic (exact) mass is 277 g/mol. The van der Waals surface area contributed by atoms with E-state index in [0.717, 1.165) is 43.6 Å². The van der Waals surface area contributed by atoms with Gasteiger partial charge in [0.1, 0.15) is 0 Å². The number of aliphatic hydroxyl groups excluding tert-OH is 1. The smallest absolute Gasteiger partial charge is 0.223 e. The summed E-state index contributed by atoms with van der Waals surface area (Å²) in [6.45, 7) is 1.02. The third-order valence-electron chi connectivity index (χ3n) is 6.60. The first-order valence-electron chi connectivity index (χ1n) is 8.58. The molecule has 1 heterocycles. The van der Waals surface area contributed by atoms with Crippen LogP contribution < -0.4 is 0 Å². The zero-order valence-corrected chi connectivity index (χ0v) is 12.4. The quantitative estimate of drug-likeness (QED) is 0.861. The van der Waals surface area contributed by atoms with E-state index in [1.54, 1.807) is 0 Å². The number of aliphatic hydroxyl groups is 1. The summed E-state index contributed by atoms with van der Waals surface area (Å²) >= 11 is 0. The Kier molecular flexibility index (Phi) is 3.10. The lowest BCUT2D eigenvalue weighted by Gasteiger charge is -2.57. The second-order valence-corrected chi connectivity index (χ2v) is 8.16. The predicted octanol–water partition coefficient (Wildman–Crippen LogP) is 2.58. The normalized spacial score (nSPS) is 46.1. The van der Waals surface area contributed by atoms with Crippen LogP contribution in [0, 0.1) is 23.2 Å². The van der Waals surface area contributed by atoms with Crippen LogP contribution in [-0.2, 0) is 4.79 Å². The van der Waals surface area contributed by atoms with Gasteiger partial charge in [-0.1, -0.05) is 0 Å². The number of nitrogens with zero attached hydrogens (tertiary/aromatic N) is 1. The molecule has 0 radical (unpaired) electrons. The fourth-order valence-electron chi connectivity index (χ4n) is 6.28. The van der Waals surface area contributed by atoms with E-state index >= 15 is 0 Å². The van der Waals surface area contributed by atoms with Crippen molar-refractivity contribution >= 4 is 5.91 Å². The first-order valence-corrected chi connectivity index (χ1v) is 8.58. The van der Waals surface area contributed by atoms with E-state index in [1.807, 2.05) is 4.90 Å². The molecule has 0 spiro atoms. The van der Waals surface area contributed by atoms with Crippen molar-refractivity contribution in [2.75, 3.05) is 13.2 Å². The molecule has 1 unspecified atom stereocenters. The van der Waals surface area contributed by atoms with Crippen molar-refractivity contribution in [1.82, 2.24) is 4.90 Å². The van der Waals surface area contributed by atoms with E-state index in [2.05, 4.69) is 0 Å². The van der Waals surface area contributed by atoms with Crippen molar-refractivity contribution in [3.05, 3.63) is 0 Å². The number of hydrogen-bond donors (Lipinski definition) is 1. The van der Waals surface area contributed by atoms with Crippen LogP contribution in [0.15, 0.2) is 0 Å². The van der Waals surface area contributed by atoms with Crippen molar-refractivity contribution in [1.29, 1.82) is 0 Å². The lowest BCUT2D eigenvalue weighted by atomic mass is 9.49. The van der Waals surface area contributed by atoms with Crippen LogP contribution in [0.5, 0.6) is 0 Å². The van der Waals surface area contributed by atoms with Crippen molar-refractivity contribution < 1.29 is 9.90 Å². The number of amides is 1. The van der Waals surface area contributed by atoms with E-state index < -0.39 is 0 Å². The van der Waals surface area contributed by atoms with E-state index in [-0.39, 0.29) is 12.6 Å². The summed E-state index contributed by atoms with van der Waals surface area (Å²) in [6, 6.07) is 0.108. The molecule has 20 heavy (non-hydrogen) atoms. The SMILES string of the molecule is O=C(CC12CC3CC(CC(C3)C1)C2)N1CCCC1CO. The molecule has 4 saturated carbocycles. The minimum Gasteiger partial charge on any atom is -0.394 e. The van der Waals surface area contributed by atoms with Gasteiger partial charge in [-0.2, -0.15) is 0 Å². The Morgan fingerprint density at radius 1 is 1.10 bits per heavy atom. The maximum absolute atomic E-state index is 12.7. The van der Waals surface area contributed by atoms with Gasteiger partial charge in [0.05, 0.1) is 12.6 Å². The number of carbonyl (C=O) groups excluding carboxylic acids is 1. The highest BCUT2D eigenvalue weighted by Gasteiger charge is 2.52. The van der Waals surface area contributed by atoms with Gasteiger partial charge in [-0.25, -0.2) is 0 Å². The second-order valence-electron chi connectivity index (χ2n) is 8.16. The molecule has 1 aliphatic heterocycles. The summed E-state index contributed by atoms with van der Waals surface area (Å²) in [6.07, 6.45) is 11.1. The maximum atomic E-state index is 12.7. The van der Waals surface area contributed by atoms with Crippen LogP contribution in [0.3, 0.4) is 0 Å². The first kappa shape index (κ1) is 13.1.